The van der Waals surface area contributed by atoms with E-state index >= 15 is 0 Å². The van der Waals surface area contributed by atoms with Gasteiger partial charge in [-0.25, -0.2) is 4.98 Å². The normalized spacial score (nSPS) is 13.5. The Morgan fingerprint density at radius 2 is 1.88 bits per heavy atom. The van der Waals surface area contributed by atoms with Gasteiger partial charge in [0.05, 0.1) is 17.7 Å². The van der Waals surface area contributed by atoms with E-state index in [9.17, 15) is 4.79 Å². The van der Waals surface area contributed by atoms with Crippen molar-refractivity contribution in [2.75, 3.05) is 12.4 Å². The summed E-state index contributed by atoms with van der Waals surface area (Å²) in [5.41, 5.74) is 3.25. The van der Waals surface area contributed by atoms with Gasteiger partial charge in [-0.05, 0) is 68.0 Å². The van der Waals surface area contributed by atoms with Crippen molar-refractivity contribution in [3.05, 3.63) is 87.0 Å². The van der Waals surface area contributed by atoms with Crippen molar-refractivity contribution in [3.63, 3.8) is 0 Å². The molecule has 4 aromatic rings. The second-order valence-corrected chi connectivity index (χ2v) is 10.0. The molecule has 0 bridgehead atoms. The molecule has 5 rings (SSSR count). The van der Waals surface area contributed by atoms with Crippen LogP contribution in [0.1, 0.15) is 35.8 Å². The summed E-state index contributed by atoms with van der Waals surface area (Å²) in [4.78, 5) is 21.0. The quantitative estimate of drug-likeness (QED) is 0.226. The summed E-state index contributed by atoms with van der Waals surface area (Å²) >= 11 is 3.29. The summed E-state index contributed by atoms with van der Waals surface area (Å²) in [6, 6.07) is 18.0. The smallest absolute Gasteiger partial charge is 0.267 e. The van der Waals surface area contributed by atoms with Gasteiger partial charge in [0.2, 0.25) is 0 Å². The number of rotatable bonds is 7. The van der Waals surface area contributed by atoms with Crippen LogP contribution in [0.15, 0.2) is 70.6 Å². The van der Waals surface area contributed by atoms with Gasteiger partial charge in [0, 0.05) is 10.6 Å². The SMILES string of the molecule is CCOc1ccc(-n2c(SCC=Cc3ccccc3)nc3sc4c(c3c2=O)CCCC4)cc1. The summed E-state index contributed by atoms with van der Waals surface area (Å²) in [5, 5.41) is 1.54. The third kappa shape index (κ3) is 4.63. The highest BCUT2D eigenvalue weighted by atomic mass is 32.2. The molecule has 0 saturated heterocycles. The maximum Gasteiger partial charge on any atom is 0.267 e. The number of hydrogen-bond acceptors (Lipinski definition) is 5. The fraction of sp³-hybridized carbons (Fsp3) is 0.259. The Morgan fingerprint density at radius 3 is 2.67 bits per heavy atom. The predicted molar refractivity (Wildman–Crippen MR) is 139 cm³/mol. The summed E-state index contributed by atoms with van der Waals surface area (Å²) in [7, 11) is 0. The molecule has 168 valence electrons. The zero-order valence-electron chi connectivity index (χ0n) is 18.6. The molecule has 0 fully saturated rings. The molecule has 0 saturated carbocycles. The maximum atomic E-state index is 13.8. The van der Waals surface area contributed by atoms with E-state index in [0.717, 1.165) is 57.4 Å². The number of nitrogens with zero attached hydrogens (tertiary/aromatic N) is 2. The van der Waals surface area contributed by atoms with Gasteiger partial charge in [-0.15, -0.1) is 11.3 Å². The molecule has 0 radical (unpaired) electrons. The zero-order valence-corrected chi connectivity index (χ0v) is 20.3. The van der Waals surface area contributed by atoms with Crippen LogP contribution in [0.4, 0.5) is 0 Å². The summed E-state index contributed by atoms with van der Waals surface area (Å²) in [6.07, 6.45) is 8.59. The Hall–Kier alpha value is -2.83. The number of thiophene rings is 1. The third-order valence-electron chi connectivity index (χ3n) is 5.78. The van der Waals surface area contributed by atoms with Crippen molar-refractivity contribution in [3.8, 4) is 11.4 Å². The number of hydrogen-bond donors (Lipinski definition) is 0. The van der Waals surface area contributed by atoms with Crippen molar-refractivity contribution in [1.82, 2.24) is 9.55 Å². The van der Waals surface area contributed by atoms with Crippen LogP contribution in [-0.4, -0.2) is 21.9 Å². The summed E-state index contributed by atoms with van der Waals surface area (Å²) < 4.78 is 7.37. The topological polar surface area (TPSA) is 44.1 Å². The summed E-state index contributed by atoms with van der Waals surface area (Å²) in [5.74, 6) is 1.53. The maximum absolute atomic E-state index is 13.8. The molecule has 2 aromatic heterocycles. The number of benzene rings is 2. The lowest BCUT2D eigenvalue weighted by Gasteiger charge is -2.14. The van der Waals surface area contributed by atoms with E-state index in [2.05, 4.69) is 24.3 Å². The molecule has 2 heterocycles. The van der Waals surface area contributed by atoms with E-state index in [1.54, 1.807) is 27.7 Å². The van der Waals surface area contributed by atoms with Crippen molar-refractivity contribution in [2.45, 2.75) is 37.8 Å². The molecule has 0 amide bonds. The van der Waals surface area contributed by atoms with Crippen molar-refractivity contribution in [1.29, 1.82) is 0 Å². The van der Waals surface area contributed by atoms with Crippen LogP contribution in [0.25, 0.3) is 22.0 Å². The molecule has 0 atom stereocenters. The fourth-order valence-corrected chi connectivity index (χ4v) is 6.36. The van der Waals surface area contributed by atoms with Crippen LogP contribution < -0.4 is 10.3 Å². The number of thioether (sulfide) groups is 1. The fourth-order valence-electron chi connectivity index (χ4n) is 4.24. The highest BCUT2D eigenvalue weighted by Gasteiger charge is 2.22. The standard InChI is InChI=1S/C27H26N2O2S2/c1-2-31-21-16-14-20(15-17-21)29-26(30)24-22-12-6-7-13-23(22)33-25(24)28-27(29)32-18-8-11-19-9-4-3-5-10-19/h3-5,8-11,14-17H,2,6-7,12-13,18H2,1H3. The molecule has 0 unspecified atom stereocenters. The second-order valence-electron chi connectivity index (χ2n) is 7.98. The van der Waals surface area contributed by atoms with Crippen LogP contribution >= 0.6 is 23.1 Å². The number of aryl methyl sites for hydroxylation is 2. The van der Waals surface area contributed by atoms with Crippen LogP contribution in [-0.2, 0) is 12.8 Å². The molecule has 2 aromatic carbocycles. The molecule has 4 nitrogen and oxygen atoms in total. The van der Waals surface area contributed by atoms with E-state index in [1.165, 1.54) is 16.9 Å². The lowest BCUT2D eigenvalue weighted by atomic mass is 9.97. The summed E-state index contributed by atoms with van der Waals surface area (Å²) in [6.45, 7) is 2.58. The van der Waals surface area contributed by atoms with Crippen molar-refractivity contribution < 1.29 is 4.74 Å². The largest absolute Gasteiger partial charge is 0.494 e. The van der Waals surface area contributed by atoms with E-state index in [0.29, 0.717) is 6.61 Å². The Labute approximate surface area is 202 Å². The van der Waals surface area contributed by atoms with E-state index in [4.69, 9.17) is 9.72 Å². The minimum Gasteiger partial charge on any atom is -0.494 e. The van der Waals surface area contributed by atoms with Crippen LogP contribution in [0.5, 0.6) is 5.75 Å². The van der Waals surface area contributed by atoms with Gasteiger partial charge in [-0.2, -0.15) is 0 Å². The average molecular weight is 475 g/mol. The van der Waals surface area contributed by atoms with Crippen LogP contribution in [0.3, 0.4) is 0 Å². The van der Waals surface area contributed by atoms with Gasteiger partial charge < -0.3 is 4.74 Å². The van der Waals surface area contributed by atoms with Gasteiger partial charge in [-0.3, -0.25) is 9.36 Å². The Morgan fingerprint density at radius 1 is 1.09 bits per heavy atom. The predicted octanol–water partition coefficient (Wildman–Crippen LogP) is 6.53. The van der Waals surface area contributed by atoms with Gasteiger partial charge in [-0.1, -0.05) is 54.2 Å². The highest BCUT2D eigenvalue weighted by molar-refractivity contribution is 7.99. The molecule has 6 heteroatoms. The number of ether oxygens (including phenoxy) is 1. The van der Waals surface area contributed by atoms with Crippen molar-refractivity contribution >= 4 is 39.4 Å². The molecule has 1 aliphatic rings. The molecule has 1 aliphatic carbocycles. The first-order chi connectivity index (χ1) is 16.2. The van der Waals surface area contributed by atoms with Gasteiger partial charge in [0.15, 0.2) is 5.16 Å². The van der Waals surface area contributed by atoms with E-state index in [-0.39, 0.29) is 5.56 Å². The van der Waals surface area contributed by atoms with E-state index < -0.39 is 0 Å². The van der Waals surface area contributed by atoms with Crippen molar-refractivity contribution in [2.24, 2.45) is 0 Å². The molecule has 0 aliphatic heterocycles. The number of aromatic nitrogens is 2. The zero-order chi connectivity index (χ0) is 22.6. The van der Waals surface area contributed by atoms with Crippen LogP contribution in [0.2, 0.25) is 0 Å². The van der Waals surface area contributed by atoms with Gasteiger partial charge in [0.1, 0.15) is 10.6 Å². The first-order valence-electron chi connectivity index (χ1n) is 11.4. The molecular weight excluding hydrogens is 448 g/mol. The molecule has 0 spiro atoms. The third-order valence-corrected chi connectivity index (χ3v) is 7.86. The molecule has 0 N–H and O–H groups in total. The Kier molecular flexibility index (Phi) is 6.65. The number of fused-ring (bicyclic) bond motifs is 3. The second kappa shape index (κ2) is 9.98. The minimum absolute atomic E-state index is 0.0399. The lowest BCUT2D eigenvalue weighted by Crippen LogP contribution is -2.22. The molecular formula is C27H26N2O2S2. The van der Waals surface area contributed by atoms with E-state index in [1.807, 2.05) is 49.4 Å². The van der Waals surface area contributed by atoms with Crippen LogP contribution in [0, 0.1) is 0 Å². The van der Waals surface area contributed by atoms with Gasteiger partial charge in [0.25, 0.3) is 5.56 Å². The average Bonchev–Trinajstić information content (AvgIpc) is 3.22. The monoisotopic (exact) mass is 474 g/mol. The minimum atomic E-state index is 0.0399. The first kappa shape index (κ1) is 22.0. The van der Waals surface area contributed by atoms with Gasteiger partial charge >= 0.3 is 0 Å². The molecule has 33 heavy (non-hydrogen) atoms. The highest BCUT2D eigenvalue weighted by Crippen LogP contribution is 2.35. The Bertz CT molecular complexity index is 1340. The Balaban J connectivity index is 1.55. The lowest BCUT2D eigenvalue weighted by molar-refractivity contribution is 0.340. The first-order valence-corrected chi connectivity index (χ1v) is 13.2.